The van der Waals surface area contributed by atoms with E-state index in [1.165, 1.54) is 19.1 Å². The van der Waals surface area contributed by atoms with Gasteiger partial charge in [-0.2, -0.15) is 0 Å². The lowest BCUT2D eigenvalue weighted by Gasteiger charge is -2.33. The van der Waals surface area contributed by atoms with Gasteiger partial charge >= 0.3 is 5.97 Å². The molecular formula is C12H15NO4S. The largest absolute Gasteiger partial charge is 0.467 e. The lowest BCUT2D eigenvalue weighted by molar-refractivity contribution is -0.155. The molecule has 6 heteroatoms. The number of methoxy groups -OCH3 is 2. The summed E-state index contributed by atoms with van der Waals surface area (Å²) in [4.78, 5) is 26.5. The summed E-state index contributed by atoms with van der Waals surface area (Å²) in [6.45, 7) is 0.502. The molecule has 1 amide bonds. The zero-order valence-corrected chi connectivity index (χ0v) is 11.2. The molecule has 1 unspecified atom stereocenters. The molecule has 0 aliphatic carbocycles. The van der Waals surface area contributed by atoms with Crippen LogP contribution < -0.4 is 0 Å². The van der Waals surface area contributed by atoms with E-state index in [9.17, 15) is 9.59 Å². The second-order valence-electron chi connectivity index (χ2n) is 3.99. The predicted molar refractivity (Wildman–Crippen MR) is 66.4 cm³/mol. The molecule has 0 spiro atoms. The van der Waals surface area contributed by atoms with Gasteiger partial charge in [0.2, 0.25) is 5.91 Å². The molecule has 0 saturated carbocycles. The van der Waals surface area contributed by atoms with Crippen molar-refractivity contribution in [3.05, 3.63) is 21.9 Å². The standard InChI is InChI=1S/C12H15NO4S/c1-16-7-10(14)13-5-3-9-8(4-6-18-9)11(13)12(15)17-2/h4,6,11H,3,5,7H2,1-2H3. The molecule has 1 aliphatic rings. The number of hydrogen-bond acceptors (Lipinski definition) is 5. The fourth-order valence-corrected chi connectivity index (χ4v) is 3.06. The number of fused-ring (bicyclic) bond motifs is 1. The zero-order chi connectivity index (χ0) is 13.1. The Labute approximate surface area is 109 Å². The summed E-state index contributed by atoms with van der Waals surface area (Å²) in [6.07, 6.45) is 0.774. The van der Waals surface area contributed by atoms with Crippen molar-refractivity contribution in [2.24, 2.45) is 0 Å². The SMILES string of the molecule is COCC(=O)N1CCc2sccc2C1C(=O)OC. The van der Waals surface area contributed by atoms with Crippen molar-refractivity contribution >= 4 is 23.2 Å². The topological polar surface area (TPSA) is 55.8 Å². The van der Waals surface area contributed by atoms with Gasteiger partial charge in [-0.15, -0.1) is 11.3 Å². The number of ether oxygens (including phenoxy) is 2. The van der Waals surface area contributed by atoms with Crippen molar-refractivity contribution in [1.82, 2.24) is 4.90 Å². The highest BCUT2D eigenvalue weighted by molar-refractivity contribution is 7.10. The highest BCUT2D eigenvalue weighted by Gasteiger charge is 2.37. The highest BCUT2D eigenvalue weighted by Crippen LogP contribution is 2.34. The van der Waals surface area contributed by atoms with Gasteiger partial charge in [-0.3, -0.25) is 4.79 Å². The molecular weight excluding hydrogens is 254 g/mol. The van der Waals surface area contributed by atoms with E-state index in [0.29, 0.717) is 6.54 Å². The number of hydrogen-bond donors (Lipinski definition) is 0. The Balaban J connectivity index is 2.31. The maximum Gasteiger partial charge on any atom is 0.333 e. The molecule has 5 nitrogen and oxygen atoms in total. The van der Waals surface area contributed by atoms with E-state index < -0.39 is 12.0 Å². The summed E-state index contributed by atoms with van der Waals surface area (Å²) in [7, 11) is 2.80. The van der Waals surface area contributed by atoms with Crippen LogP contribution in [-0.4, -0.2) is 44.1 Å². The summed E-state index contributed by atoms with van der Waals surface area (Å²) in [5.41, 5.74) is 0.877. The predicted octanol–water partition coefficient (Wildman–Crippen LogP) is 0.993. The lowest BCUT2D eigenvalue weighted by atomic mass is 10.00. The van der Waals surface area contributed by atoms with E-state index in [1.54, 1.807) is 11.3 Å². The van der Waals surface area contributed by atoms with Crippen molar-refractivity contribution in [2.75, 3.05) is 27.4 Å². The summed E-state index contributed by atoms with van der Waals surface area (Å²) in [5, 5.41) is 1.94. The minimum atomic E-state index is -0.632. The Kier molecular flexibility index (Phi) is 3.98. The van der Waals surface area contributed by atoms with E-state index in [4.69, 9.17) is 9.47 Å². The van der Waals surface area contributed by atoms with E-state index in [1.807, 2.05) is 11.4 Å². The van der Waals surface area contributed by atoms with Crippen molar-refractivity contribution in [2.45, 2.75) is 12.5 Å². The number of esters is 1. The molecule has 1 atom stereocenters. The van der Waals surface area contributed by atoms with E-state index >= 15 is 0 Å². The first kappa shape index (κ1) is 13.0. The third kappa shape index (κ3) is 2.26. The van der Waals surface area contributed by atoms with Crippen molar-refractivity contribution in [3.8, 4) is 0 Å². The van der Waals surface area contributed by atoms with E-state index in [0.717, 1.165) is 16.9 Å². The van der Waals surface area contributed by atoms with Crippen molar-refractivity contribution < 1.29 is 19.1 Å². The van der Waals surface area contributed by atoms with Gasteiger partial charge in [-0.05, 0) is 23.4 Å². The van der Waals surface area contributed by atoms with Crippen molar-refractivity contribution in [3.63, 3.8) is 0 Å². The lowest BCUT2D eigenvalue weighted by Crippen LogP contribution is -2.44. The number of nitrogens with zero attached hydrogens (tertiary/aromatic N) is 1. The van der Waals surface area contributed by atoms with Gasteiger partial charge in [-0.25, -0.2) is 4.79 Å². The Morgan fingerprint density at radius 2 is 2.28 bits per heavy atom. The van der Waals surface area contributed by atoms with Crippen LogP contribution in [0.5, 0.6) is 0 Å². The van der Waals surface area contributed by atoms with Gasteiger partial charge in [0, 0.05) is 18.5 Å². The molecule has 98 valence electrons. The van der Waals surface area contributed by atoms with Crippen LogP contribution in [0.4, 0.5) is 0 Å². The van der Waals surface area contributed by atoms with Crippen LogP contribution in [0, 0.1) is 0 Å². The van der Waals surface area contributed by atoms with Crippen LogP contribution in [0.2, 0.25) is 0 Å². The van der Waals surface area contributed by atoms with Gasteiger partial charge < -0.3 is 14.4 Å². The van der Waals surface area contributed by atoms with Crippen LogP contribution in [0.15, 0.2) is 11.4 Å². The minimum Gasteiger partial charge on any atom is -0.467 e. The number of thiophene rings is 1. The molecule has 1 aromatic heterocycles. The van der Waals surface area contributed by atoms with Gasteiger partial charge in [0.15, 0.2) is 6.04 Å². The quantitative estimate of drug-likeness (QED) is 0.768. The smallest absolute Gasteiger partial charge is 0.333 e. The summed E-state index contributed by atoms with van der Waals surface area (Å²) >= 11 is 1.61. The molecule has 18 heavy (non-hydrogen) atoms. The maximum atomic E-state index is 12.0. The second-order valence-corrected chi connectivity index (χ2v) is 5.00. The van der Waals surface area contributed by atoms with Crippen LogP contribution in [0.3, 0.4) is 0 Å². The van der Waals surface area contributed by atoms with Gasteiger partial charge in [0.1, 0.15) is 6.61 Å². The molecule has 0 bridgehead atoms. The van der Waals surface area contributed by atoms with Gasteiger partial charge in [0.05, 0.1) is 7.11 Å². The van der Waals surface area contributed by atoms with Crippen LogP contribution in [0.25, 0.3) is 0 Å². The Morgan fingerprint density at radius 3 is 2.94 bits per heavy atom. The van der Waals surface area contributed by atoms with Gasteiger partial charge in [0.25, 0.3) is 0 Å². The average molecular weight is 269 g/mol. The van der Waals surface area contributed by atoms with Crippen LogP contribution >= 0.6 is 11.3 Å². The third-order valence-electron chi connectivity index (χ3n) is 2.98. The Hall–Kier alpha value is -1.40. The monoisotopic (exact) mass is 269 g/mol. The average Bonchev–Trinajstić information content (AvgIpc) is 2.85. The number of carbonyl (C=O) groups is 2. The summed E-state index contributed by atoms with van der Waals surface area (Å²) in [5.74, 6) is -0.594. The molecule has 0 radical (unpaired) electrons. The third-order valence-corrected chi connectivity index (χ3v) is 3.98. The minimum absolute atomic E-state index is 0.0209. The molecule has 2 rings (SSSR count). The summed E-state index contributed by atoms with van der Waals surface area (Å²) < 4.78 is 9.65. The first-order valence-electron chi connectivity index (χ1n) is 5.61. The number of rotatable bonds is 3. The molecule has 1 aliphatic heterocycles. The van der Waals surface area contributed by atoms with E-state index in [2.05, 4.69) is 0 Å². The highest BCUT2D eigenvalue weighted by atomic mass is 32.1. The fourth-order valence-electron chi connectivity index (χ4n) is 2.16. The molecule has 1 aromatic rings. The fraction of sp³-hybridized carbons (Fsp3) is 0.500. The normalized spacial score (nSPS) is 18.3. The zero-order valence-electron chi connectivity index (χ0n) is 10.3. The molecule has 2 heterocycles. The molecule has 0 aromatic carbocycles. The first-order chi connectivity index (χ1) is 8.69. The molecule has 0 N–H and O–H groups in total. The van der Waals surface area contributed by atoms with Gasteiger partial charge in [-0.1, -0.05) is 0 Å². The van der Waals surface area contributed by atoms with Crippen molar-refractivity contribution in [1.29, 1.82) is 0 Å². The molecule has 0 fully saturated rings. The van der Waals surface area contributed by atoms with Crippen LogP contribution in [0.1, 0.15) is 16.5 Å². The Morgan fingerprint density at radius 1 is 1.50 bits per heavy atom. The maximum absolute atomic E-state index is 12.0. The number of carbonyl (C=O) groups excluding carboxylic acids is 2. The van der Waals surface area contributed by atoms with Crippen LogP contribution in [-0.2, 0) is 25.5 Å². The number of amides is 1. The first-order valence-corrected chi connectivity index (χ1v) is 6.49. The second kappa shape index (κ2) is 5.49. The Bertz CT molecular complexity index is 457. The molecule has 0 saturated heterocycles. The summed E-state index contributed by atoms with van der Waals surface area (Å²) in [6, 6.07) is 1.25. The van der Waals surface area contributed by atoms with E-state index in [-0.39, 0.29) is 12.5 Å².